The molecule has 24 heavy (non-hydrogen) atoms. The van der Waals surface area contributed by atoms with Crippen molar-refractivity contribution in [3.63, 3.8) is 0 Å². The number of hydrogen-bond acceptors (Lipinski definition) is 2. The third-order valence-electron chi connectivity index (χ3n) is 3.61. The molecule has 2 aromatic rings. The third kappa shape index (κ3) is 4.98. The molecule has 3 nitrogen and oxygen atoms in total. The summed E-state index contributed by atoms with van der Waals surface area (Å²) in [5.41, 5.74) is 3.63. The van der Waals surface area contributed by atoms with Gasteiger partial charge >= 0.3 is 0 Å². The van der Waals surface area contributed by atoms with E-state index >= 15 is 0 Å². The van der Waals surface area contributed by atoms with Gasteiger partial charge < -0.3 is 10.1 Å². The Kier molecular flexibility index (Phi) is 5.45. The van der Waals surface area contributed by atoms with Crippen LogP contribution in [0.15, 0.2) is 60.7 Å². The second kappa shape index (κ2) is 7.35. The Labute approximate surface area is 144 Å². The van der Waals surface area contributed by atoms with E-state index in [2.05, 4.69) is 32.7 Å². The second-order valence-corrected chi connectivity index (χ2v) is 7.05. The number of carbonyl (C=O) groups is 1. The van der Waals surface area contributed by atoms with Crippen molar-refractivity contribution in [1.82, 2.24) is 0 Å². The molecule has 0 aromatic heterocycles. The quantitative estimate of drug-likeness (QED) is 0.769. The maximum Gasteiger partial charge on any atom is 0.255 e. The summed E-state index contributed by atoms with van der Waals surface area (Å²) < 4.78 is 5.54. The molecular formula is C21H25NO2. The summed E-state index contributed by atoms with van der Waals surface area (Å²) in [6.45, 7) is 12.7. The minimum atomic E-state index is -0.119. The molecule has 0 fully saturated rings. The molecule has 1 amide bonds. The largest absolute Gasteiger partial charge is 0.489 e. The summed E-state index contributed by atoms with van der Waals surface area (Å²) in [6, 6.07) is 15.1. The number of ether oxygens (including phenoxy) is 1. The summed E-state index contributed by atoms with van der Waals surface area (Å²) in [6.07, 6.45) is 0. The highest BCUT2D eigenvalue weighted by molar-refractivity contribution is 6.04. The van der Waals surface area contributed by atoms with Crippen LogP contribution >= 0.6 is 0 Å². The molecule has 126 valence electrons. The molecule has 0 saturated heterocycles. The van der Waals surface area contributed by atoms with Gasteiger partial charge in [0.25, 0.3) is 5.91 Å². The second-order valence-electron chi connectivity index (χ2n) is 7.05. The predicted molar refractivity (Wildman–Crippen MR) is 99.8 cm³/mol. The van der Waals surface area contributed by atoms with Gasteiger partial charge in [-0.25, -0.2) is 0 Å². The van der Waals surface area contributed by atoms with E-state index in [1.54, 1.807) is 0 Å². The van der Waals surface area contributed by atoms with E-state index in [0.29, 0.717) is 12.2 Å². The van der Waals surface area contributed by atoms with Crippen LogP contribution in [0.3, 0.4) is 0 Å². The van der Waals surface area contributed by atoms with Crippen LogP contribution in [-0.4, -0.2) is 12.5 Å². The van der Waals surface area contributed by atoms with E-state index in [4.69, 9.17) is 4.74 Å². The average Bonchev–Trinajstić information content (AvgIpc) is 2.53. The number of anilines is 1. The van der Waals surface area contributed by atoms with Gasteiger partial charge in [-0.3, -0.25) is 4.79 Å². The van der Waals surface area contributed by atoms with Crippen LogP contribution in [0.2, 0.25) is 0 Å². The van der Waals surface area contributed by atoms with E-state index in [1.165, 1.54) is 5.56 Å². The maximum atomic E-state index is 12.3. The van der Waals surface area contributed by atoms with Gasteiger partial charge in [-0.15, -0.1) is 0 Å². The van der Waals surface area contributed by atoms with Crippen molar-refractivity contribution in [3.05, 3.63) is 71.8 Å². The van der Waals surface area contributed by atoms with E-state index in [-0.39, 0.29) is 11.3 Å². The molecule has 3 heteroatoms. The summed E-state index contributed by atoms with van der Waals surface area (Å²) >= 11 is 0. The van der Waals surface area contributed by atoms with E-state index in [1.807, 2.05) is 55.5 Å². The normalized spacial score (nSPS) is 11.0. The molecule has 0 radical (unpaired) electrons. The molecule has 0 aliphatic rings. The summed E-state index contributed by atoms with van der Waals surface area (Å²) in [5, 5.41) is 2.90. The Hall–Kier alpha value is -2.55. The van der Waals surface area contributed by atoms with Crippen LogP contribution in [-0.2, 0) is 5.41 Å². The number of amides is 1. The van der Waals surface area contributed by atoms with Crippen LogP contribution < -0.4 is 10.1 Å². The average molecular weight is 323 g/mol. The van der Waals surface area contributed by atoms with E-state index in [9.17, 15) is 4.79 Å². The summed E-state index contributed by atoms with van der Waals surface area (Å²) in [4.78, 5) is 12.3. The van der Waals surface area contributed by atoms with Crippen molar-refractivity contribution in [2.45, 2.75) is 33.1 Å². The molecule has 1 N–H and O–H groups in total. The molecule has 0 heterocycles. The highest BCUT2D eigenvalue weighted by Gasteiger charge is 2.14. The molecular weight excluding hydrogens is 298 g/mol. The highest BCUT2D eigenvalue weighted by Crippen LogP contribution is 2.22. The Morgan fingerprint density at radius 1 is 1.04 bits per heavy atom. The zero-order chi connectivity index (χ0) is 17.7. The van der Waals surface area contributed by atoms with E-state index < -0.39 is 0 Å². The molecule has 0 bridgehead atoms. The third-order valence-corrected chi connectivity index (χ3v) is 3.61. The van der Waals surface area contributed by atoms with Crippen LogP contribution in [0.5, 0.6) is 5.75 Å². The fourth-order valence-corrected chi connectivity index (χ4v) is 2.17. The number of hydrogen-bond donors (Lipinski definition) is 1. The number of nitrogens with one attached hydrogen (secondary N) is 1. The van der Waals surface area contributed by atoms with Gasteiger partial charge in [0.2, 0.25) is 0 Å². The van der Waals surface area contributed by atoms with Gasteiger partial charge in [-0.05, 0) is 59.9 Å². The monoisotopic (exact) mass is 323 g/mol. The maximum absolute atomic E-state index is 12.3. The minimum absolute atomic E-state index is 0.0780. The first kappa shape index (κ1) is 17.8. The fourth-order valence-electron chi connectivity index (χ4n) is 2.17. The molecule has 2 aromatic carbocycles. The Balaban J connectivity index is 2.00. The first-order valence-electron chi connectivity index (χ1n) is 8.05. The topological polar surface area (TPSA) is 38.3 Å². The van der Waals surface area contributed by atoms with Crippen molar-refractivity contribution in [3.8, 4) is 5.75 Å². The Morgan fingerprint density at radius 3 is 2.12 bits per heavy atom. The zero-order valence-corrected chi connectivity index (χ0v) is 14.8. The Morgan fingerprint density at radius 2 is 1.62 bits per heavy atom. The first-order chi connectivity index (χ1) is 11.3. The molecule has 0 aliphatic carbocycles. The number of benzene rings is 2. The SMILES string of the molecule is C=C(C)COc1ccc(NC(=O)c2ccc(C(C)(C)C)cc2)cc1. The molecule has 0 aliphatic heterocycles. The fraction of sp³-hybridized carbons (Fsp3) is 0.286. The van der Waals surface area contributed by atoms with Gasteiger partial charge in [-0.2, -0.15) is 0 Å². The van der Waals surface area contributed by atoms with Gasteiger partial charge in [-0.1, -0.05) is 39.5 Å². The number of rotatable bonds is 5. The molecule has 0 unspecified atom stereocenters. The molecule has 0 saturated carbocycles. The van der Waals surface area contributed by atoms with Crippen LogP contribution in [0, 0.1) is 0 Å². The van der Waals surface area contributed by atoms with Gasteiger partial charge in [0.1, 0.15) is 12.4 Å². The minimum Gasteiger partial charge on any atom is -0.489 e. The van der Waals surface area contributed by atoms with Gasteiger partial charge in [0, 0.05) is 11.3 Å². The van der Waals surface area contributed by atoms with Crippen molar-refractivity contribution in [1.29, 1.82) is 0 Å². The lowest BCUT2D eigenvalue weighted by atomic mass is 9.87. The smallest absolute Gasteiger partial charge is 0.255 e. The first-order valence-corrected chi connectivity index (χ1v) is 8.05. The zero-order valence-electron chi connectivity index (χ0n) is 14.8. The molecule has 0 spiro atoms. The Bertz CT molecular complexity index is 707. The highest BCUT2D eigenvalue weighted by atomic mass is 16.5. The molecule has 2 rings (SSSR count). The lowest BCUT2D eigenvalue weighted by Crippen LogP contribution is -2.14. The summed E-state index contributed by atoms with van der Waals surface area (Å²) in [5.74, 6) is 0.636. The van der Waals surface area contributed by atoms with Crippen molar-refractivity contribution >= 4 is 11.6 Å². The van der Waals surface area contributed by atoms with Gasteiger partial charge in [0.05, 0.1) is 0 Å². The van der Waals surface area contributed by atoms with Gasteiger partial charge in [0.15, 0.2) is 0 Å². The van der Waals surface area contributed by atoms with Crippen molar-refractivity contribution in [2.24, 2.45) is 0 Å². The van der Waals surface area contributed by atoms with Crippen molar-refractivity contribution < 1.29 is 9.53 Å². The molecule has 0 atom stereocenters. The van der Waals surface area contributed by atoms with Crippen LogP contribution in [0.25, 0.3) is 0 Å². The summed E-state index contributed by atoms with van der Waals surface area (Å²) in [7, 11) is 0. The predicted octanol–water partition coefficient (Wildman–Crippen LogP) is 5.19. The van der Waals surface area contributed by atoms with E-state index in [0.717, 1.165) is 17.0 Å². The van der Waals surface area contributed by atoms with Crippen molar-refractivity contribution in [2.75, 3.05) is 11.9 Å². The lowest BCUT2D eigenvalue weighted by Gasteiger charge is -2.19. The lowest BCUT2D eigenvalue weighted by molar-refractivity contribution is 0.102. The van der Waals surface area contributed by atoms with Crippen LogP contribution in [0.1, 0.15) is 43.6 Å². The number of carbonyl (C=O) groups excluding carboxylic acids is 1. The van der Waals surface area contributed by atoms with Crippen LogP contribution in [0.4, 0.5) is 5.69 Å². The standard InChI is InChI=1S/C21H25NO2/c1-15(2)14-24-19-12-10-18(11-13-19)22-20(23)16-6-8-17(9-7-16)21(3,4)5/h6-13H,1,14H2,2-5H3,(H,22,23).